The highest BCUT2D eigenvalue weighted by Gasteiger charge is 2.39. The molecule has 144 valence electrons. The summed E-state index contributed by atoms with van der Waals surface area (Å²) in [5.74, 6) is 0. The van der Waals surface area contributed by atoms with Crippen molar-refractivity contribution in [3.05, 3.63) is 84.4 Å². The van der Waals surface area contributed by atoms with Crippen molar-refractivity contribution in [1.82, 2.24) is 19.8 Å². The van der Waals surface area contributed by atoms with Crippen LogP contribution in [0.2, 0.25) is 0 Å². The zero-order chi connectivity index (χ0) is 19.3. The van der Waals surface area contributed by atoms with Crippen LogP contribution < -0.4 is 5.32 Å². The van der Waals surface area contributed by atoms with E-state index in [9.17, 15) is 0 Å². The fraction of sp³-hybridized carbons (Fsp3) is 0.273. The van der Waals surface area contributed by atoms with E-state index in [1.165, 1.54) is 5.56 Å². The maximum Gasteiger partial charge on any atom is 0.170 e. The second-order valence-corrected chi connectivity index (χ2v) is 7.24. The summed E-state index contributed by atoms with van der Waals surface area (Å²) in [6.07, 6.45) is 7.05. The van der Waals surface area contributed by atoms with Crippen LogP contribution in [-0.2, 0) is 4.74 Å². The minimum Gasteiger partial charge on any atom is -0.385 e. The first kappa shape index (κ1) is 18.7. The van der Waals surface area contributed by atoms with Gasteiger partial charge in [0.1, 0.15) is 0 Å². The van der Waals surface area contributed by atoms with Crippen molar-refractivity contribution in [3.63, 3.8) is 0 Å². The van der Waals surface area contributed by atoms with Crippen LogP contribution in [-0.4, -0.2) is 39.8 Å². The zero-order valence-electron chi connectivity index (χ0n) is 15.9. The Labute approximate surface area is 171 Å². The van der Waals surface area contributed by atoms with Gasteiger partial charge in [0, 0.05) is 44.5 Å². The molecule has 1 aliphatic heterocycles. The maximum absolute atomic E-state index is 5.68. The van der Waals surface area contributed by atoms with Crippen molar-refractivity contribution < 1.29 is 4.74 Å². The number of nitrogens with one attached hydrogen (secondary N) is 1. The van der Waals surface area contributed by atoms with E-state index in [1.54, 1.807) is 7.11 Å². The van der Waals surface area contributed by atoms with Gasteiger partial charge in [-0.1, -0.05) is 24.3 Å². The van der Waals surface area contributed by atoms with Crippen LogP contribution in [0.3, 0.4) is 0 Å². The van der Waals surface area contributed by atoms with Crippen LogP contribution in [0.25, 0.3) is 5.69 Å². The fourth-order valence-corrected chi connectivity index (χ4v) is 4.07. The van der Waals surface area contributed by atoms with Crippen molar-refractivity contribution in [2.24, 2.45) is 0 Å². The average Bonchev–Trinajstić information content (AvgIpc) is 3.35. The molecule has 2 aromatic heterocycles. The summed E-state index contributed by atoms with van der Waals surface area (Å²) >= 11 is 5.68. The standard InChI is InChI=1S/C22H24N4OS/c1-27-15-7-13-26-21(20(24-22(26)28)19-10-5-6-12-23-19)17-11-14-25(16-17)18-8-3-2-4-9-18/h2-6,8-12,14,16,20-21H,7,13,15H2,1H3,(H,24,28)/t20-,21-/m1/s1. The summed E-state index contributed by atoms with van der Waals surface area (Å²) in [5.41, 5.74) is 3.35. The molecule has 0 bridgehead atoms. The Bertz CT molecular complexity index is 913. The summed E-state index contributed by atoms with van der Waals surface area (Å²) in [6, 6.07) is 18.6. The number of rotatable bonds is 7. The molecular weight excluding hydrogens is 368 g/mol. The average molecular weight is 393 g/mol. The lowest BCUT2D eigenvalue weighted by Gasteiger charge is -2.27. The lowest BCUT2D eigenvalue weighted by molar-refractivity contribution is 0.180. The van der Waals surface area contributed by atoms with Gasteiger partial charge in [-0.3, -0.25) is 4.98 Å². The van der Waals surface area contributed by atoms with E-state index in [4.69, 9.17) is 17.0 Å². The van der Waals surface area contributed by atoms with Gasteiger partial charge >= 0.3 is 0 Å². The van der Waals surface area contributed by atoms with E-state index in [2.05, 4.69) is 68.6 Å². The number of methoxy groups -OCH3 is 1. The summed E-state index contributed by atoms with van der Waals surface area (Å²) in [6.45, 7) is 1.55. The van der Waals surface area contributed by atoms with Crippen molar-refractivity contribution in [3.8, 4) is 5.69 Å². The van der Waals surface area contributed by atoms with Gasteiger partial charge in [-0.25, -0.2) is 0 Å². The Kier molecular flexibility index (Phi) is 5.69. The number of aromatic nitrogens is 2. The van der Waals surface area contributed by atoms with E-state index < -0.39 is 0 Å². The second kappa shape index (κ2) is 8.54. The molecule has 4 rings (SSSR count). The molecule has 2 atom stereocenters. The van der Waals surface area contributed by atoms with Gasteiger partial charge in [0.2, 0.25) is 0 Å². The molecule has 6 heteroatoms. The molecule has 0 saturated carbocycles. The molecule has 0 aliphatic carbocycles. The first-order chi connectivity index (χ1) is 13.8. The first-order valence-corrected chi connectivity index (χ1v) is 9.89. The molecule has 0 spiro atoms. The quantitative estimate of drug-likeness (QED) is 0.488. The number of para-hydroxylation sites is 1. The molecule has 3 heterocycles. The third-order valence-electron chi connectivity index (χ3n) is 5.06. The van der Waals surface area contributed by atoms with Gasteiger partial charge in [0.05, 0.1) is 17.8 Å². The maximum atomic E-state index is 5.68. The molecule has 0 amide bonds. The lowest BCUT2D eigenvalue weighted by Crippen LogP contribution is -2.31. The number of thiocarbonyl (C=S) groups is 1. The predicted octanol–water partition coefficient (Wildman–Crippen LogP) is 3.88. The first-order valence-electron chi connectivity index (χ1n) is 9.48. The second-order valence-electron chi connectivity index (χ2n) is 6.85. The molecule has 1 fully saturated rings. The minimum absolute atomic E-state index is 0.0165. The molecule has 0 unspecified atom stereocenters. The topological polar surface area (TPSA) is 42.3 Å². The van der Waals surface area contributed by atoms with Crippen molar-refractivity contribution in [2.45, 2.75) is 18.5 Å². The number of pyridine rings is 1. The highest BCUT2D eigenvalue weighted by atomic mass is 32.1. The number of hydrogen-bond donors (Lipinski definition) is 1. The van der Waals surface area contributed by atoms with E-state index in [0.29, 0.717) is 6.61 Å². The van der Waals surface area contributed by atoms with Crippen molar-refractivity contribution >= 4 is 17.3 Å². The Balaban J connectivity index is 1.68. The van der Waals surface area contributed by atoms with E-state index in [0.717, 1.165) is 29.5 Å². The zero-order valence-corrected chi connectivity index (χ0v) is 16.7. The highest BCUT2D eigenvalue weighted by molar-refractivity contribution is 7.80. The van der Waals surface area contributed by atoms with E-state index in [1.807, 2.05) is 24.4 Å². The number of ether oxygens (including phenoxy) is 1. The largest absolute Gasteiger partial charge is 0.385 e. The molecule has 28 heavy (non-hydrogen) atoms. The smallest absolute Gasteiger partial charge is 0.170 e. The van der Waals surface area contributed by atoms with Gasteiger partial charge < -0.3 is 19.5 Å². The summed E-state index contributed by atoms with van der Waals surface area (Å²) in [5, 5.41) is 4.26. The van der Waals surface area contributed by atoms with E-state index in [-0.39, 0.29) is 12.1 Å². The number of hydrogen-bond acceptors (Lipinski definition) is 3. The minimum atomic E-state index is 0.0165. The van der Waals surface area contributed by atoms with Gasteiger partial charge in [-0.05, 0) is 54.5 Å². The normalized spacial score (nSPS) is 19.0. The third kappa shape index (κ3) is 3.79. The molecule has 5 nitrogen and oxygen atoms in total. The van der Waals surface area contributed by atoms with Crippen LogP contribution in [0, 0.1) is 0 Å². The van der Waals surface area contributed by atoms with Crippen LogP contribution in [0.1, 0.15) is 29.8 Å². The fourth-order valence-electron chi connectivity index (χ4n) is 3.74. The molecule has 0 radical (unpaired) electrons. The number of benzene rings is 1. The Morgan fingerprint density at radius 3 is 2.68 bits per heavy atom. The third-order valence-corrected chi connectivity index (χ3v) is 5.41. The molecular formula is C22H24N4OS. The Hall–Kier alpha value is -2.70. The molecule has 1 aliphatic rings. The predicted molar refractivity (Wildman–Crippen MR) is 114 cm³/mol. The molecule has 3 aromatic rings. The monoisotopic (exact) mass is 392 g/mol. The van der Waals surface area contributed by atoms with Gasteiger partial charge in [-0.15, -0.1) is 0 Å². The Morgan fingerprint density at radius 1 is 1.11 bits per heavy atom. The summed E-state index contributed by atoms with van der Waals surface area (Å²) in [7, 11) is 1.73. The molecule has 1 saturated heterocycles. The van der Waals surface area contributed by atoms with Gasteiger partial charge in [-0.2, -0.15) is 0 Å². The van der Waals surface area contributed by atoms with Gasteiger partial charge in [0.25, 0.3) is 0 Å². The van der Waals surface area contributed by atoms with Crippen LogP contribution in [0.5, 0.6) is 0 Å². The molecule has 1 aromatic carbocycles. The van der Waals surface area contributed by atoms with Crippen LogP contribution >= 0.6 is 12.2 Å². The highest BCUT2D eigenvalue weighted by Crippen LogP contribution is 2.38. The van der Waals surface area contributed by atoms with Crippen molar-refractivity contribution in [2.75, 3.05) is 20.3 Å². The van der Waals surface area contributed by atoms with Crippen molar-refractivity contribution in [1.29, 1.82) is 0 Å². The lowest BCUT2D eigenvalue weighted by atomic mass is 9.99. The van der Waals surface area contributed by atoms with Crippen LogP contribution in [0.15, 0.2) is 73.2 Å². The van der Waals surface area contributed by atoms with Crippen LogP contribution in [0.4, 0.5) is 0 Å². The SMILES string of the molecule is COCCCN1C(=S)N[C@H](c2ccccn2)[C@H]1c1ccn(-c2ccccc2)c1. The van der Waals surface area contributed by atoms with Gasteiger partial charge in [0.15, 0.2) is 5.11 Å². The summed E-state index contributed by atoms with van der Waals surface area (Å²) in [4.78, 5) is 6.85. The number of nitrogens with zero attached hydrogens (tertiary/aromatic N) is 3. The summed E-state index contributed by atoms with van der Waals surface area (Å²) < 4.78 is 7.40. The van der Waals surface area contributed by atoms with E-state index >= 15 is 0 Å². The Morgan fingerprint density at radius 2 is 1.93 bits per heavy atom. The molecule has 1 N–H and O–H groups in total.